The van der Waals surface area contributed by atoms with Crippen LogP contribution < -0.4 is 5.73 Å². The van der Waals surface area contributed by atoms with Crippen molar-refractivity contribution in [1.82, 2.24) is 9.55 Å². The van der Waals surface area contributed by atoms with Gasteiger partial charge in [0.2, 0.25) is 0 Å². The summed E-state index contributed by atoms with van der Waals surface area (Å²) in [7, 11) is 0. The Kier molecular flexibility index (Phi) is 3.22. The van der Waals surface area contributed by atoms with Crippen LogP contribution in [-0.2, 0) is 19.4 Å². The third kappa shape index (κ3) is 1.99. The number of thiophene rings is 1. The summed E-state index contributed by atoms with van der Waals surface area (Å²) in [5.74, 6) is 0.982. The lowest BCUT2D eigenvalue weighted by Crippen LogP contribution is -2.16. The second-order valence-corrected chi connectivity index (χ2v) is 6.02. The van der Waals surface area contributed by atoms with Crippen molar-refractivity contribution < 1.29 is 0 Å². The largest absolute Gasteiger partial charge is 0.334 e. The second-order valence-electron chi connectivity index (χ2n) is 4.85. The highest BCUT2D eigenvalue weighted by Gasteiger charge is 2.20. The van der Waals surface area contributed by atoms with Gasteiger partial charge in [0.1, 0.15) is 5.82 Å². The van der Waals surface area contributed by atoms with E-state index in [9.17, 15) is 0 Å². The summed E-state index contributed by atoms with van der Waals surface area (Å²) >= 11 is 1.88. The Morgan fingerprint density at radius 3 is 3.06 bits per heavy atom. The molecular formula is C14H19N3S. The normalized spacial score (nSPS) is 16.6. The molecule has 2 N–H and O–H groups in total. The smallest absolute Gasteiger partial charge is 0.131 e. The number of nitrogens with zero attached hydrogens (tertiary/aromatic N) is 2. The van der Waals surface area contributed by atoms with Crippen molar-refractivity contribution >= 4 is 11.3 Å². The predicted octanol–water partition coefficient (Wildman–Crippen LogP) is 2.89. The van der Waals surface area contributed by atoms with Crippen LogP contribution in [0.1, 0.15) is 46.9 Å². The van der Waals surface area contributed by atoms with E-state index in [1.165, 1.54) is 36.1 Å². The summed E-state index contributed by atoms with van der Waals surface area (Å²) < 4.78 is 2.13. The number of aryl methyl sites for hydroxylation is 3. The molecule has 0 spiro atoms. The number of nitrogens with two attached hydrogens (primary N) is 1. The predicted molar refractivity (Wildman–Crippen MR) is 74.9 cm³/mol. The van der Waals surface area contributed by atoms with E-state index in [0.717, 1.165) is 12.4 Å². The quantitative estimate of drug-likeness (QED) is 0.923. The van der Waals surface area contributed by atoms with Crippen LogP contribution in [-0.4, -0.2) is 9.55 Å². The first-order valence-electron chi connectivity index (χ1n) is 6.67. The Morgan fingerprint density at radius 2 is 2.28 bits per heavy atom. The minimum Gasteiger partial charge on any atom is -0.334 e. The average molecular weight is 261 g/mol. The van der Waals surface area contributed by atoms with Gasteiger partial charge in [0, 0.05) is 28.7 Å². The van der Waals surface area contributed by atoms with Crippen molar-refractivity contribution in [2.24, 2.45) is 5.73 Å². The first kappa shape index (κ1) is 11.9. The van der Waals surface area contributed by atoms with Crippen molar-refractivity contribution in [3.8, 4) is 0 Å². The molecule has 0 fully saturated rings. The standard InChI is InChI=1S/C14H19N3S/c1-2-17-8-7-16-14(17)13(15)12-9-10-5-3-4-6-11(10)18-12/h7-9,13H,2-6,15H2,1H3. The van der Waals surface area contributed by atoms with Crippen LogP contribution in [0.2, 0.25) is 0 Å². The van der Waals surface area contributed by atoms with Gasteiger partial charge in [0.15, 0.2) is 0 Å². The summed E-state index contributed by atoms with van der Waals surface area (Å²) in [4.78, 5) is 7.22. The second kappa shape index (κ2) is 4.86. The lowest BCUT2D eigenvalue weighted by molar-refractivity contribution is 0.661. The van der Waals surface area contributed by atoms with Crippen LogP contribution in [0.3, 0.4) is 0 Å². The summed E-state index contributed by atoms with van der Waals surface area (Å²) in [6, 6.07) is 2.23. The summed E-state index contributed by atoms with van der Waals surface area (Å²) in [5, 5.41) is 0. The Hall–Kier alpha value is -1.13. The molecule has 3 nitrogen and oxygen atoms in total. The fourth-order valence-electron chi connectivity index (χ4n) is 2.66. The molecule has 0 saturated heterocycles. The number of fused-ring (bicyclic) bond motifs is 1. The Bertz CT molecular complexity index is 517. The van der Waals surface area contributed by atoms with Crippen LogP contribution in [0.15, 0.2) is 18.5 Å². The fraction of sp³-hybridized carbons (Fsp3) is 0.500. The molecule has 0 aliphatic heterocycles. The minimum absolute atomic E-state index is 0.0736. The monoisotopic (exact) mass is 261 g/mol. The molecule has 1 aliphatic carbocycles. The first-order valence-corrected chi connectivity index (χ1v) is 7.49. The molecule has 2 aromatic heterocycles. The summed E-state index contributed by atoms with van der Waals surface area (Å²) in [6.45, 7) is 3.05. The van der Waals surface area contributed by atoms with Crippen LogP contribution in [0, 0.1) is 0 Å². The van der Waals surface area contributed by atoms with Gasteiger partial charge in [0.25, 0.3) is 0 Å². The first-order chi connectivity index (χ1) is 8.79. The molecule has 0 saturated carbocycles. The van der Waals surface area contributed by atoms with E-state index < -0.39 is 0 Å². The Labute approximate surface area is 112 Å². The van der Waals surface area contributed by atoms with E-state index >= 15 is 0 Å². The SMILES string of the molecule is CCn1ccnc1C(N)c1cc2c(s1)CCCC2. The highest BCUT2D eigenvalue weighted by molar-refractivity contribution is 7.12. The van der Waals surface area contributed by atoms with Crippen molar-refractivity contribution in [2.75, 3.05) is 0 Å². The molecule has 0 amide bonds. The van der Waals surface area contributed by atoms with Gasteiger partial charge in [-0.2, -0.15) is 0 Å². The topological polar surface area (TPSA) is 43.8 Å². The Morgan fingerprint density at radius 1 is 1.44 bits per heavy atom. The zero-order valence-electron chi connectivity index (χ0n) is 10.7. The van der Waals surface area contributed by atoms with E-state index in [1.54, 1.807) is 4.88 Å². The van der Waals surface area contributed by atoms with Crippen molar-refractivity contribution in [2.45, 2.75) is 45.2 Å². The van der Waals surface area contributed by atoms with Crippen LogP contribution in [0.25, 0.3) is 0 Å². The Balaban J connectivity index is 1.92. The summed E-state index contributed by atoms with van der Waals surface area (Å²) in [6.07, 6.45) is 8.94. The maximum Gasteiger partial charge on any atom is 0.131 e. The molecule has 0 radical (unpaired) electrons. The molecule has 4 heteroatoms. The van der Waals surface area contributed by atoms with Gasteiger partial charge in [-0.25, -0.2) is 4.98 Å². The third-order valence-electron chi connectivity index (χ3n) is 3.69. The fourth-order valence-corrected chi connectivity index (χ4v) is 3.92. The lowest BCUT2D eigenvalue weighted by Gasteiger charge is -2.11. The van der Waals surface area contributed by atoms with Gasteiger partial charge < -0.3 is 10.3 Å². The average Bonchev–Trinajstić information content (AvgIpc) is 3.03. The van der Waals surface area contributed by atoms with Gasteiger partial charge in [-0.05, 0) is 44.2 Å². The van der Waals surface area contributed by atoms with E-state index in [2.05, 4.69) is 22.5 Å². The molecule has 1 aliphatic rings. The number of aromatic nitrogens is 2. The van der Waals surface area contributed by atoms with E-state index in [1.807, 2.05) is 23.7 Å². The highest BCUT2D eigenvalue weighted by atomic mass is 32.1. The van der Waals surface area contributed by atoms with Gasteiger partial charge in [-0.1, -0.05) is 0 Å². The molecular weight excluding hydrogens is 242 g/mol. The van der Waals surface area contributed by atoms with Gasteiger partial charge in [-0.3, -0.25) is 0 Å². The molecule has 0 aromatic carbocycles. The molecule has 1 unspecified atom stereocenters. The highest BCUT2D eigenvalue weighted by Crippen LogP contribution is 2.33. The van der Waals surface area contributed by atoms with Crippen LogP contribution in [0.4, 0.5) is 0 Å². The van der Waals surface area contributed by atoms with Gasteiger partial charge in [-0.15, -0.1) is 11.3 Å². The van der Waals surface area contributed by atoms with Gasteiger partial charge >= 0.3 is 0 Å². The lowest BCUT2D eigenvalue weighted by atomic mass is 9.99. The van der Waals surface area contributed by atoms with Crippen LogP contribution >= 0.6 is 11.3 Å². The zero-order chi connectivity index (χ0) is 12.5. The molecule has 2 heterocycles. The van der Waals surface area contributed by atoms with Crippen LogP contribution in [0.5, 0.6) is 0 Å². The number of imidazole rings is 1. The maximum absolute atomic E-state index is 6.38. The molecule has 18 heavy (non-hydrogen) atoms. The summed E-state index contributed by atoms with van der Waals surface area (Å²) in [5.41, 5.74) is 7.90. The molecule has 96 valence electrons. The van der Waals surface area contributed by atoms with Gasteiger partial charge in [0.05, 0.1) is 6.04 Å². The number of rotatable bonds is 3. The molecule has 1 atom stereocenters. The van der Waals surface area contributed by atoms with Crippen molar-refractivity contribution in [3.63, 3.8) is 0 Å². The van der Waals surface area contributed by atoms with E-state index in [0.29, 0.717) is 0 Å². The van der Waals surface area contributed by atoms with E-state index in [-0.39, 0.29) is 6.04 Å². The van der Waals surface area contributed by atoms with Crippen molar-refractivity contribution in [1.29, 1.82) is 0 Å². The zero-order valence-corrected chi connectivity index (χ0v) is 11.5. The molecule has 3 rings (SSSR count). The number of hydrogen-bond acceptors (Lipinski definition) is 3. The minimum atomic E-state index is -0.0736. The van der Waals surface area contributed by atoms with Crippen molar-refractivity contribution in [3.05, 3.63) is 39.6 Å². The molecule has 0 bridgehead atoms. The number of hydrogen-bond donors (Lipinski definition) is 1. The van der Waals surface area contributed by atoms with E-state index in [4.69, 9.17) is 5.73 Å². The molecule has 2 aromatic rings. The third-order valence-corrected chi connectivity index (χ3v) is 5.01. The maximum atomic E-state index is 6.38.